The number of ether oxygens (including phenoxy) is 1. The summed E-state index contributed by atoms with van der Waals surface area (Å²) in [4.78, 5) is 20.8. The minimum Gasteiger partial charge on any atom is -0.478 e. The Morgan fingerprint density at radius 2 is 1.65 bits per heavy atom. The Morgan fingerprint density at radius 3 is 1.95 bits per heavy atom. The summed E-state index contributed by atoms with van der Waals surface area (Å²) in [5, 5.41) is 16.7. The molecule has 0 aliphatic carbocycles. The molecule has 0 aliphatic rings. The molecule has 0 aromatic carbocycles. The second-order valence-corrected chi connectivity index (χ2v) is 4.55. The van der Waals surface area contributed by atoms with Crippen LogP contribution >= 0.6 is 0 Å². The molecule has 0 heterocycles. The minimum atomic E-state index is -0.935. The fourth-order valence-corrected chi connectivity index (χ4v) is 1.09. The molecule has 2 N–H and O–H groups in total. The first-order chi connectivity index (χ1) is 9.26. The number of unbranched alkanes of at least 4 members (excludes halogenated alkanes) is 1. The monoisotopic (exact) mass is 286 g/mol. The van der Waals surface area contributed by atoms with Crippen molar-refractivity contribution < 1.29 is 24.5 Å². The number of carbonyl (C=O) groups excluding carboxylic acids is 1. The van der Waals surface area contributed by atoms with Crippen molar-refractivity contribution in [1.29, 1.82) is 0 Å². The van der Waals surface area contributed by atoms with Gasteiger partial charge >= 0.3 is 11.9 Å². The van der Waals surface area contributed by atoms with E-state index in [0.717, 1.165) is 19.3 Å². The van der Waals surface area contributed by atoms with Gasteiger partial charge in [0, 0.05) is 24.2 Å². The van der Waals surface area contributed by atoms with Crippen molar-refractivity contribution >= 4 is 11.9 Å². The summed E-state index contributed by atoms with van der Waals surface area (Å²) >= 11 is 0. The highest BCUT2D eigenvalue weighted by Gasteiger charge is 2.13. The van der Waals surface area contributed by atoms with Crippen molar-refractivity contribution in [2.24, 2.45) is 0 Å². The zero-order valence-corrected chi connectivity index (χ0v) is 12.6. The van der Waals surface area contributed by atoms with Gasteiger partial charge in [0.2, 0.25) is 0 Å². The number of carbonyl (C=O) groups is 2. The largest absolute Gasteiger partial charge is 0.478 e. The van der Waals surface area contributed by atoms with E-state index >= 15 is 0 Å². The molecule has 0 rings (SSSR count). The number of carboxylic acids is 1. The van der Waals surface area contributed by atoms with Gasteiger partial charge in [-0.3, -0.25) is 0 Å². The average Bonchev–Trinajstić information content (AvgIpc) is 2.36. The van der Waals surface area contributed by atoms with Gasteiger partial charge in [-0.2, -0.15) is 0 Å². The Kier molecular flexibility index (Phi) is 12.8. The van der Waals surface area contributed by atoms with Gasteiger partial charge in [0.05, 0.1) is 0 Å². The zero-order chi connectivity index (χ0) is 16.1. The number of aliphatic hydroxyl groups excluding tert-OH is 1. The number of carboxylic acid groups (broad SMARTS) is 1. The predicted molar refractivity (Wildman–Crippen MR) is 78.4 cm³/mol. The quantitative estimate of drug-likeness (QED) is 0.529. The fourth-order valence-electron chi connectivity index (χ4n) is 1.09. The van der Waals surface area contributed by atoms with E-state index in [0.29, 0.717) is 12.0 Å². The lowest BCUT2D eigenvalue weighted by Gasteiger charge is -2.16. The van der Waals surface area contributed by atoms with Crippen LogP contribution in [-0.2, 0) is 14.3 Å². The molecule has 5 nitrogen and oxygen atoms in total. The Bertz CT molecular complexity index is 321. The van der Waals surface area contributed by atoms with Crippen LogP contribution in [-0.4, -0.2) is 34.9 Å². The van der Waals surface area contributed by atoms with Crippen LogP contribution < -0.4 is 0 Å². The lowest BCUT2D eigenvalue weighted by molar-refractivity contribution is -0.145. The molecule has 0 aromatic rings. The van der Waals surface area contributed by atoms with Crippen LogP contribution in [0, 0.1) is 0 Å². The number of aliphatic hydroxyl groups is 1. The smallest absolute Gasteiger partial charge is 0.333 e. The maximum atomic E-state index is 11.2. The van der Waals surface area contributed by atoms with Gasteiger partial charge in [0.15, 0.2) is 0 Å². The Balaban J connectivity index is 0. The summed E-state index contributed by atoms with van der Waals surface area (Å²) in [5.74, 6) is -1.30. The minimum absolute atomic E-state index is 0.0534. The molecule has 0 aliphatic heterocycles. The molecule has 0 bridgehead atoms. The summed E-state index contributed by atoms with van der Waals surface area (Å²) in [6.45, 7) is 11.9. The summed E-state index contributed by atoms with van der Waals surface area (Å²) in [6, 6.07) is 0. The van der Waals surface area contributed by atoms with Crippen molar-refractivity contribution in [1.82, 2.24) is 0 Å². The van der Waals surface area contributed by atoms with Crippen LogP contribution in [0.15, 0.2) is 24.3 Å². The van der Waals surface area contributed by atoms with E-state index in [2.05, 4.69) is 20.1 Å². The number of hydrogen-bond donors (Lipinski definition) is 2. The highest BCUT2D eigenvalue weighted by Crippen LogP contribution is 2.10. The van der Waals surface area contributed by atoms with Crippen LogP contribution in [0.25, 0.3) is 0 Å². The SMILES string of the molecule is C=C(C)C(=O)O.C=C(C)C(=O)OC(CCO)CCCC. The van der Waals surface area contributed by atoms with Crippen LogP contribution in [0.5, 0.6) is 0 Å². The molecule has 5 heteroatoms. The van der Waals surface area contributed by atoms with Gasteiger partial charge in [0.25, 0.3) is 0 Å². The third-order valence-corrected chi connectivity index (χ3v) is 2.32. The Labute approximate surface area is 121 Å². The third-order valence-electron chi connectivity index (χ3n) is 2.32. The van der Waals surface area contributed by atoms with Crippen LogP contribution in [0.2, 0.25) is 0 Å². The second kappa shape index (κ2) is 12.4. The summed E-state index contributed by atoms with van der Waals surface area (Å²) in [7, 11) is 0. The molecule has 0 saturated carbocycles. The van der Waals surface area contributed by atoms with E-state index in [1.165, 1.54) is 6.92 Å². The van der Waals surface area contributed by atoms with Crippen LogP contribution in [0.1, 0.15) is 46.5 Å². The first-order valence-corrected chi connectivity index (χ1v) is 6.62. The maximum Gasteiger partial charge on any atom is 0.333 e. The molecular formula is C15H26O5. The van der Waals surface area contributed by atoms with Gasteiger partial charge < -0.3 is 14.9 Å². The average molecular weight is 286 g/mol. The van der Waals surface area contributed by atoms with Crippen molar-refractivity contribution in [3.05, 3.63) is 24.3 Å². The van der Waals surface area contributed by atoms with Crippen LogP contribution in [0.4, 0.5) is 0 Å². The van der Waals surface area contributed by atoms with Crippen LogP contribution in [0.3, 0.4) is 0 Å². The standard InChI is InChI=1S/C11H20O3.C4H6O2/c1-4-5-6-10(7-8-12)14-11(13)9(2)3;1-3(2)4(5)6/h10,12H,2,4-8H2,1,3H3;1H2,2H3,(H,5,6). The number of rotatable bonds is 8. The molecule has 116 valence electrons. The van der Waals surface area contributed by atoms with Crippen molar-refractivity contribution in [3.8, 4) is 0 Å². The number of esters is 1. The summed E-state index contributed by atoms with van der Waals surface area (Å²) in [5.41, 5.74) is 0.583. The summed E-state index contributed by atoms with van der Waals surface area (Å²) < 4.78 is 5.16. The van der Waals surface area contributed by atoms with E-state index < -0.39 is 5.97 Å². The highest BCUT2D eigenvalue weighted by atomic mass is 16.5. The molecule has 0 spiro atoms. The molecule has 0 amide bonds. The lowest BCUT2D eigenvalue weighted by Crippen LogP contribution is -2.19. The lowest BCUT2D eigenvalue weighted by atomic mass is 10.1. The topological polar surface area (TPSA) is 83.8 Å². The molecule has 0 aromatic heterocycles. The van der Waals surface area contributed by atoms with Gasteiger partial charge in [-0.15, -0.1) is 0 Å². The van der Waals surface area contributed by atoms with E-state index in [1.54, 1.807) is 6.92 Å². The van der Waals surface area contributed by atoms with E-state index in [-0.39, 0.29) is 24.3 Å². The van der Waals surface area contributed by atoms with Gasteiger partial charge in [0.1, 0.15) is 6.10 Å². The van der Waals surface area contributed by atoms with Gasteiger partial charge in [-0.05, 0) is 20.3 Å². The van der Waals surface area contributed by atoms with Gasteiger partial charge in [-0.25, -0.2) is 9.59 Å². The summed E-state index contributed by atoms with van der Waals surface area (Å²) in [6.07, 6.45) is 3.24. The first-order valence-electron chi connectivity index (χ1n) is 6.62. The molecule has 0 saturated heterocycles. The third kappa shape index (κ3) is 12.8. The van der Waals surface area contributed by atoms with Crippen molar-refractivity contribution in [2.75, 3.05) is 6.61 Å². The van der Waals surface area contributed by atoms with Crippen molar-refractivity contribution in [2.45, 2.75) is 52.6 Å². The molecule has 20 heavy (non-hydrogen) atoms. The predicted octanol–water partition coefficient (Wildman–Crippen LogP) is 2.69. The highest BCUT2D eigenvalue weighted by molar-refractivity contribution is 5.87. The second-order valence-electron chi connectivity index (χ2n) is 4.55. The van der Waals surface area contributed by atoms with Gasteiger partial charge in [-0.1, -0.05) is 32.9 Å². The molecule has 1 unspecified atom stereocenters. The first kappa shape index (κ1) is 20.7. The van der Waals surface area contributed by atoms with E-state index in [9.17, 15) is 9.59 Å². The van der Waals surface area contributed by atoms with Crippen molar-refractivity contribution in [3.63, 3.8) is 0 Å². The molecule has 0 radical (unpaired) electrons. The Hall–Kier alpha value is -1.62. The Morgan fingerprint density at radius 1 is 1.15 bits per heavy atom. The number of hydrogen-bond acceptors (Lipinski definition) is 4. The zero-order valence-electron chi connectivity index (χ0n) is 12.6. The maximum absolute atomic E-state index is 11.2. The molecule has 1 atom stereocenters. The van der Waals surface area contributed by atoms with E-state index in [4.69, 9.17) is 14.9 Å². The molecule has 0 fully saturated rings. The fraction of sp³-hybridized carbons (Fsp3) is 0.600. The normalized spacial score (nSPS) is 10.8. The van der Waals surface area contributed by atoms with E-state index in [1.807, 2.05) is 0 Å². The number of aliphatic carboxylic acids is 1. The molecular weight excluding hydrogens is 260 g/mol.